The Kier molecular flexibility index (Phi) is 9.28. The average molecular weight is 471 g/mol. The highest BCUT2D eigenvalue weighted by atomic mass is 32.2. The lowest BCUT2D eigenvalue weighted by molar-refractivity contribution is -0.125. The van der Waals surface area contributed by atoms with Crippen LogP contribution in [0.4, 0.5) is 0 Å². The molecule has 1 aliphatic heterocycles. The van der Waals surface area contributed by atoms with Crippen LogP contribution in [0.5, 0.6) is 11.5 Å². The first kappa shape index (κ1) is 24.3. The Bertz CT molecular complexity index is 1010. The predicted octanol–water partition coefficient (Wildman–Crippen LogP) is 2.35. The summed E-state index contributed by atoms with van der Waals surface area (Å²) < 4.78 is 16.2. The second-order valence-corrected chi connectivity index (χ2v) is 8.17. The Morgan fingerprint density at radius 1 is 1.18 bits per heavy atom. The number of ether oxygens (including phenoxy) is 3. The summed E-state index contributed by atoms with van der Waals surface area (Å²) in [6.07, 6.45) is 1.61. The van der Waals surface area contributed by atoms with E-state index in [9.17, 15) is 9.59 Å². The lowest BCUT2D eigenvalue weighted by Crippen LogP contribution is -2.32. The van der Waals surface area contributed by atoms with Gasteiger partial charge in [-0.1, -0.05) is 42.1 Å². The average Bonchev–Trinajstić information content (AvgIpc) is 3.17. The Balaban J connectivity index is 1.54. The number of benzene rings is 2. The first-order chi connectivity index (χ1) is 16.1. The molecule has 1 atom stereocenters. The third kappa shape index (κ3) is 7.62. The van der Waals surface area contributed by atoms with E-state index in [0.717, 1.165) is 11.1 Å². The number of amides is 2. The quantitative estimate of drug-likeness (QED) is 0.296. The number of amidine groups is 1. The molecule has 1 aliphatic rings. The normalized spacial score (nSPS) is 16.7. The molecule has 2 aromatic rings. The van der Waals surface area contributed by atoms with E-state index < -0.39 is 5.25 Å². The molecule has 0 aromatic heterocycles. The van der Waals surface area contributed by atoms with E-state index in [1.165, 1.54) is 11.8 Å². The Morgan fingerprint density at radius 2 is 2.00 bits per heavy atom. The molecule has 3 rings (SSSR count). The maximum absolute atomic E-state index is 12.1. The molecule has 0 aliphatic carbocycles. The van der Waals surface area contributed by atoms with Gasteiger partial charge in [0.15, 0.2) is 16.7 Å². The van der Waals surface area contributed by atoms with Crippen LogP contribution in [-0.2, 0) is 20.9 Å². The zero-order chi connectivity index (χ0) is 23.5. The SMILES string of the molecule is COCCNC(=O)CC1S/C(=N\N=Cc2ccc(OCc3ccccc3)c(OC)c2)NC1=O. The van der Waals surface area contributed by atoms with Crippen molar-refractivity contribution in [1.82, 2.24) is 10.6 Å². The second-order valence-electron chi connectivity index (χ2n) is 6.98. The fourth-order valence-electron chi connectivity index (χ4n) is 2.89. The summed E-state index contributed by atoms with van der Waals surface area (Å²) in [5.74, 6) is 0.712. The maximum atomic E-state index is 12.1. The third-order valence-electron chi connectivity index (χ3n) is 4.56. The molecule has 1 unspecified atom stereocenters. The molecule has 1 heterocycles. The third-order valence-corrected chi connectivity index (χ3v) is 5.63. The number of thioether (sulfide) groups is 1. The van der Waals surface area contributed by atoms with Crippen LogP contribution in [0, 0.1) is 0 Å². The molecule has 0 radical (unpaired) electrons. The second kappa shape index (κ2) is 12.6. The standard InChI is InChI=1S/C23H26N4O5S/c1-30-11-10-24-21(28)13-20-22(29)26-23(33-20)27-25-14-17-8-9-18(19(12-17)31-2)32-15-16-6-4-3-5-7-16/h3-9,12,14,20H,10-11,13,15H2,1-2H3,(H,24,28)(H,26,27,29). The molecule has 33 heavy (non-hydrogen) atoms. The van der Waals surface area contributed by atoms with E-state index in [2.05, 4.69) is 20.8 Å². The molecule has 1 fully saturated rings. The maximum Gasteiger partial charge on any atom is 0.240 e. The van der Waals surface area contributed by atoms with Gasteiger partial charge in [-0.2, -0.15) is 5.10 Å². The van der Waals surface area contributed by atoms with Crippen LogP contribution < -0.4 is 20.1 Å². The molecule has 2 aromatic carbocycles. The number of nitrogens with one attached hydrogen (secondary N) is 2. The van der Waals surface area contributed by atoms with Gasteiger partial charge in [-0.25, -0.2) is 0 Å². The molecule has 0 saturated carbocycles. The van der Waals surface area contributed by atoms with Crippen LogP contribution in [0.3, 0.4) is 0 Å². The highest BCUT2D eigenvalue weighted by Gasteiger charge is 2.32. The summed E-state index contributed by atoms with van der Waals surface area (Å²) in [5.41, 5.74) is 1.81. The van der Waals surface area contributed by atoms with Crippen LogP contribution >= 0.6 is 11.8 Å². The first-order valence-corrected chi connectivity index (χ1v) is 11.2. The number of rotatable bonds is 11. The fraction of sp³-hybridized carbons (Fsp3) is 0.304. The van der Waals surface area contributed by atoms with Gasteiger partial charge in [0.1, 0.15) is 11.9 Å². The van der Waals surface area contributed by atoms with Crippen molar-refractivity contribution >= 4 is 35.0 Å². The van der Waals surface area contributed by atoms with Gasteiger partial charge in [-0.05, 0) is 29.3 Å². The lowest BCUT2D eigenvalue weighted by Gasteiger charge is -2.11. The van der Waals surface area contributed by atoms with Crippen molar-refractivity contribution in [3.05, 3.63) is 59.7 Å². The van der Waals surface area contributed by atoms with Gasteiger partial charge in [-0.3, -0.25) is 9.59 Å². The molecule has 0 spiro atoms. The number of nitrogens with zero attached hydrogens (tertiary/aromatic N) is 2. The van der Waals surface area contributed by atoms with Crippen molar-refractivity contribution in [3.63, 3.8) is 0 Å². The minimum Gasteiger partial charge on any atom is -0.493 e. The first-order valence-electron chi connectivity index (χ1n) is 10.3. The summed E-state index contributed by atoms with van der Waals surface area (Å²) in [5, 5.41) is 13.2. The van der Waals surface area contributed by atoms with Crippen LogP contribution in [0.1, 0.15) is 17.5 Å². The predicted molar refractivity (Wildman–Crippen MR) is 128 cm³/mol. The Hall–Kier alpha value is -3.37. The van der Waals surface area contributed by atoms with Crippen molar-refractivity contribution in [1.29, 1.82) is 0 Å². The van der Waals surface area contributed by atoms with E-state index in [0.29, 0.717) is 36.4 Å². The summed E-state index contributed by atoms with van der Waals surface area (Å²) >= 11 is 1.17. The molecule has 9 nitrogen and oxygen atoms in total. The largest absolute Gasteiger partial charge is 0.493 e. The van der Waals surface area contributed by atoms with Gasteiger partial charge >= 0.3 is 0 Å². The van der Waals surface area contributed by atoms with Crippen molar-refractivity contribution in [2.45, 2.75) is 18.3 Å². The van der Waals surface area contributed by atoms with Gasteiger partial charge in [0.25, 0.3) is 0 Å². The number of hydrogen-bond donors (Lipinski definition) is 2. The zero-order valence-electron chi connectivity index (χ0n) is 18.4. The van der Waals surface area contributed by atoms with E-state index >= 15 is 0 Å². The van der Waals surface area contributed by atoms with Gasteiger partial charge in [0.05, 0.1) is 19.9 Å². The molecular formula is C23H26N4O5S. The van der Waals surface area contributed by atoms with Crippen LogP contribution in [0.15, 0.2) is 58.7 Å². The van der Waals surface area contributed by atoms with Crippen LogP contribution in [0.2, 0.25) is 0 Å². The minimum atomic E-state index is -0.539. The smallest absolute Gasteiger partial charge is 0.240 e. The van der Waals surface area contributed by atoms with Crippen molar-refractivity contribution in [2.75, 3.05) is 27.4 Å². The molecule has 174 valence electrons. The van der Waals surface area contributed by atoms with Gasteiger partial charge in [-0.15, -0.1) is 5.10 Å². The molecule has 2 N–H and O–H groups in total. The molecule has 0 bridgehead atoms. The van der Waals surface area contributed by atoms with Crippen molar-refractivity contribution in [3.8, 4) is 11.5 Å². The van der Waals surface area contributed by atoms with E-state index in [4.69, 9.17) is 14.2 Å². The number of hydrogen-bond acceptors (Lipinski definition) is 8. The highest BCUT2D eigenvalue weighted by Crippen LogP contribution is 2.28. The van der Waals surface area contributed by atoms with Gasteiger partial charge in [0, 0.05) is 20.1 Å². The summed E-state index contributed by atoms with van der Waals surface area (Å²) in [4.78, 5) is 24.0. The fourth-order valence-corrected chi connectivity index (χ4v) is 3.81. The summed E-state index contributed by atoms with van der Waals surface area (Å²) in [7, 11) is 3.13. The van der Waals surface area contributed by atoms with Gasteiger partial charge < -0.3 is 24.8 Å². The molecule has 1 saturated heterocycles. The number of methoxy groups -OCH3 is 2. The van der Waals surface area contributed by atoms with Crippen LogP contribution in [0.25, 0.3) is 0 Å². The molecule has 10 heteroatoms. The number of carbonyl (C=O) groups excluding carboxylic acids is 2. The topological polar surface area (TPSA) is 111 Å². The van der Waals surface area contributed by atoms with E-state index in [1.807, 2.05) is 36.4 Å². The molecular weight excluding hydrogens is 444 g/mol. The van der Waals surface area contributed by atoms with Gasteiger partial charge in [0.2, 0.25) is 11.8 Å². The zero-order valence-corrected chi connectivity index (χ0v) is 19.3. The Morgan fingerprint density at radius 3 is 2.76 bits per heavy atom. The van der Waals surface area contributed by atoms with Crippen molar-refractivity contribution in [2.24, 2.45) is 10.2 Å². The van der Waals surface area contributed by atoms with Crippen molar-refractivity contribution < 1.29 is 23.8 Å². The summed E-state index contributed by atoms with van der Waals surface area (Å²) in [6, 6.07) is 15.3. The Labute approximate surface area is 196 Å². The monoisotopic (exact) mass is 470 g/mol. The minimum absolute atomic E-state index is 0.0601. The summed E-state index contributed by atoms with van der Waals surface area (Å²) in [6.45, 7) is 1.25. The van der Waals surface area contributed by atoms with Crippen LogP contribution in [-0.4, -0.2) is 55.8 Å². The highest BCUT2D eigenvalue weighted by molar-refractivity contribution is 8.15. The lowest BCUT2D eigenvalue weighted by atomic mass is 10.2. The van der Waals surface area contributed by atoms with E-state index in [1.54, 1.807) is 32.6 Å². The number of carbonyl (C=O) groups is 2. The molecule has 2 amide bonds. The van der Waals surface area contributed by atoms with E-state index in [-0.39, 0.29) is 18.2 Å².